The second kappa shape index (κ2) is 2.75. The molecule has 0 saturated carbocycles. The molecule has 0 N–H and O–H groups in total. The van der Waals surface area contributed by atoms with Crippen LogP contribution in [0.5, 0.6) is 0 Å². The van der Waals surface area contributed by atoms with Crippen molar-refractivity contribution in [3.05, 3.63) is 29.1 Å². The number of aldehydes is 1. The van der Waals surface area contributed by atoms with E-state index in [1.165, 1.54) is 11.3 Å². The van der Waals surface area contributed by atoms with E-state index in [1.807, 2.05) is 24.3 Å². The van der Waals surface area contributed by atoms with Crippen molar-refractivity contribution in [1.29, 1.82) is 0 Å². The smallest absolute Gasteiger partial charge is 0.160 e. The summed E-state index contributed by atoms with van der Waals surface area (Å²) in [7, 11) is 5.72. The Balaban J connectivity index is 2.82. The van der Waals surface area contributed by atoms with Gasteiger partial charge in [-0.15, -0.1) is 11.3 Å². The topological polar surface area (TPSA) is 17.1 Å². The maximum Gasteiger partial charge on any atom is 0.160 e. The van der Waals surface area contributed by atoms with Crippen LogP contribution in [-0.4, -0.2) is 14.1 Å². The fraction of sp³-hybridized carbons (Fsp3) is 0. The molecule has 0 aliphatic heterocycles. The third-order valence-electron chi connectivity index (χ3n) is 1.71. The molecule has 0 amide bonds. The first-order valence-electron chi connectivity index (χ1n) is 3.54. The van der Waals surface area contributed by atoms with Crippen LogP contribution in [0.15, 0.2) is 24.3 Å². The van der Waals surface area contributed by atoms with E-state index in [0.29, 0.717) is 0 Å². The summed E-state index contributed by atoms with van der Waals surface area (Å²) < 4.78 is 1.000. The summed E-state index contributed by atoms with van der Waals surface area (Å²) >= 11 is 1.43. The predicted molar refractivity (Wildman–Crippen MR) is 52.6 cm³/mol. The van der Waals surface area contributed by atoms with Crippen molar-refractivity contribution in [3.8, 4) is 0 Å². The fourth-order valence-electron chi connectivity index (χ4n) is 1.16. The molecule has 56 valence electrons. The van der Waals surface area contributed by atoms with Gasteiger partial charge in [-0.1, -0.05) is 23.7 Å². The number of hydrogen-bond acceptors (Lipinski definition) is 2. The zero-order valence-corrected chi connectivity index (χ0v) is 7.10. The first-order chi connectivity index (χ1) is 5.81. The molecule has 2 radical (unpaired) electrons. The van der Waals surface area contributed by atoms with E-state index in [2.05, 4.69) is 0 Å². The monoisotopic (exact) mass is 172 g/mol. The van der Waals surface area contributed by atoms with Crippen molar-refractivity contribution >= 4 is 41.0 Å². The van der Waals surface area contributed by atoms with Crippen LogP contribution in [-0.2, 0) is 0 Å². The van der Waals surface area contributed by atoms with Gasteiger partial charge in [0.15, 0.2) is 6.29 Å². The van der Waals surface area contributed by atoms with Crippen LogP contribution in [0.3, 0.4) is 0 Å². The van der Waals surface area contributed by atoms with Crippen molar-refractivity contribution in [2.75, 3.05) is 0 Å². The minimum Gasteiger partial charge on any atom is -0.297 e. The third kappa shape index (κ3) is 1.06. The van der Waals surface area contributed by atoms with Gasteiger partial charge in [0.1, 0.15) is 7.85 Å². The molecular weight excluding hydrogens is 167 g/mol. The number of fused-ring (bicyclic) bond motifs is 1. The van der Waals surface area contributed by atoms with Crippen molar-refractivity contribution in [1.82, 2.24) is 0 Å². The van der Waals surface area contributed by atoms with Crippen molar-refractivity contribution < 1.29 is 4.79 Å². The Morgan fingerprint density at radius 3 is 2.92 bits per heavy atom. The number of carbonyl (C=O) groups is 1. The zero-order valence-electron chi connectivity index (χ0n) is 6.28. The Morgan fingerprint density at radius 1 is 1.42 bits per heavy atom. The molecule has 1 aromatic heterocycles. The minimum atomic E-state index is 0.725. The molecule has 3 heteroatoms. The molecule has 1 aromatic carbocycles. The molecule has 2 aromatic rings. The summed E-state index contributed by atoms with van der Waals surface area (Å²) in [6.45, 7) is 0. The molecule has 0 aliphatic rings. The van der Waals surface area contributed by atoms with Crippen molar-refractivity contribution in [3.63, 3.8) is 0 Å². The van der Waals surface area contributed by atoms with E-state index >= 15 is 0 Å². The Kier molecular flexibility index (Phi) is 1.73. The predicted octanol–water partition coefficient (Wildman–Crippen LogP) is 1.51. The molecule has 0 bridgehead atoms. The quantitative estimate of drug-likeness (QED) is 0.470. The molecule has 0 spiro atoms. The Bertz CT molecular complexity index is 433. The second-order valence-electron chi connectivity index (χ2n) is 2.53. The molecule has 2 rings (SSSR count). The molecule has 0 aliphatic carbocycles. The molecule has 0 atom stereocenters. The van der Waals surface area contributed by atoms with Crippen LogP contribution in [0.2, 0.25) is 0 Å². The van der Waals surface area contributed by atoms with Gasteiger partial charge in [0.05, 0.1) is 4.88 Å². The number of carbonyl (C=O) groups excluding carboxylic acids is 1. The van der Waals surface area contributed by atoms with Gasteiger partial charge in [-0.3, -0.25) is 4.79 Å². The molecule has 0 unspecified atom stereocenters. The standard InChI is InChI=1S/C9H5BOS/c10-8-3-1-2-6-4-7(5-11)12-9(6)8/h1-5H. The summed E-state index contributed by atoms with van der Waals surface area (Å²) in [5.74, 6) is 0. The molecule has 0 saturated heterocycles. The number of benzene rings is 1. The normalized spacial score (nSPS) is 10.3. The summed E-state index contributed by atoms with van der Waals surface area (Å²) in [6, 6.07) is 7.53. The van der Waals surface area contributed by atoms with Crippen molar-refractivity contribution in [2.24, 2.45) is 0 Å². The maximum absolute atomic E-state index is 10.5. The van der Waals surface area contributed by atoms with Crippen LogP contribution >= 0.6 is 11.3 Å². The van der Waals surface area contributed by atoms with E-state index in [1.54, 1.807) is 0 Å². The van der Waals surface area contributed by atoms with E-state index in [0.717, 1.165) is 26.7 Å². The van der Waals surface area contributed by atoms with Gasteiger partial charge in [0, 0.05) is 4.70 Å². The lowest BCUT2D eigenvalue weighted by molar-refractivity contribution is 0.112. The summed E-state index contributed by atoms with van der Waals surface area (Å²) in [5.41, 5.74) is 0.741. The number of hydrogen-bond donors (Lipinski definition) is 0. The average Bonchev–Trinajstić information content (AvgIpc) is 2.49. The third-order valence-corrected chi connectivity index (χ3v) is 2.84. The first kappa shape index (κ1) is 7.56. The van der Waals surface area contributed by atoms with Gasteiger partial charge in [-0.25, -0.2) is 0 Å². The first-order valence-corrected chi connectivity index (χ1v) is 4.36. The van der Waals surface area contributed by atoms with Crippen molar-refractivity contribution in [2.45, 2.75) is 0 Å². The van der Waals surface area contributed by atoms with Gasteiger partial charge < -0.3 is 0 Å². The Hall–Kier alpha value is -1.09. The second-order valence-corrected chi connectivity index (χ2v) is 3.62. The van der Waals surface area contributed by atoms with Gasteiger partial charge in [0.2, 0.25) is 0 Å². The molecule has 1 nitrogen and oxygen atoms in total. The zero-order chi connectivity index (χ0) is 8.55. The lowest BCUT2D eigenvalue weighted by Crippen LogP contribution is -1.99. The Labute approximate surface area is 75.4 Å². The lowest BCUT2D eigenvalue weighted by Gasteiger charge is -1.92. The molecule has 0 fully saturated rings. The van der Waals surface area contributed by atoms with Crippen LogP contribution in [0.25, 0.3) is 10.1 Å². The lowest BCUT2D eigenvalue weighted by atomic mass is 9.95. The van der Waals surface area contributed by atoms with Gasteiger partial charge >= 0.3 is 0 Å². The average molecular weight is 172 g/mol. The summed E-state index contributed by atoms with van der Waals surface area (Å²) in [5, 5.41) is 1.04. The molecular formula is C9H5BOS. The van der Waals surface area contributed by atoms with E-state index in [9.17, 15) is 4.79 Å². The molecule has 1 heterocycles. The van der Waals surface area contributed by atoms with Crippen LogP contribution in [0.4, 0.5) is 0 Å². The molecule has 12 heavy (non-hydrogen) atoms. The summed E-state index contributed by atoms with van der Waals surface area (Å²) in [6.07, 6.45) is 0.851. The Morgan fingerprint density at radius 2 is 2.25 bits per heavy atom. The number of thiophene rings is 1. The fourth-order valence-corrected chi connectivity index (χ4v) is 2.06. The number of rotatable bonds is 1. The minimum absolute atomic E-state index is 0.725. The highest BCUT2D eigenvalue weighted by Gasteiger charge is 2.01. The highest BCUT2D eigenvalue weighted by Crippen LogP contribution is 2.21. The highest BCUT2D eigenvalue weighted by atomic mass is 32.1. The van der Waals surface area contributed by atoms with E-state index in [-0.39, 0.29) is 0 Å². The largest absolute Gasteiger partial charge is 0.297 e. The van der Waals surface area contributed by atoms with E-state index in [4.69, 9.17) is 7.85 Å². The highest BCUT2D eigenvalue weighted by molar-refractivity contribution is 7.21. The van der Waals surface area contributed by atoms with Crippen LogP contribution < -0.4 is 5.46 Å². The van der Waals surface area contributed by atoms with Crippen LogP contribution in [0, 0.1) is 0 Å². The van der Waals surface area contributed by atoms with Gasteiger partial charge in [-0.2, -0.15) is 0 Å². The van der Waals surface area contributed by atoms with E-state index < -0.39 is 0 Å². The SMILES string of the molecule is [B]c1cccc2cc(C=O)sc12. The summed E-state index contributed by atoms with van der Waals surface area (Å²) in [4.78, 5) is 11.2. The van der Waals surface area contributed by atoms with Crippen LogP contribution in [0.1, 0.15) is 9.67 Å². The van der Waals surface area contributed by atoms with Gasteiger partial charge in [0.25, 0.3) is 0 Å². The maximum atomic E-state index is 10.5. The van der Waals surface area contributed by atoms with Gasteiger partial charge in [-0.05, 0) is 11.5 Å².